The Morgan fingerprint density at radius 1 is 1.06 bits per heavy atom. The number of hydrogen-bond acceptors (Lipinski definition) is 5. The topological polar surface area (TPSA) is 69.7 Å². The molecule has 6 heteroatoms. The molecule has 0 radical (unpaired) electrons. The summed E-state index contributed by atoms with van der Waals surface area (Å²) in [5.74, 6) is -0.797. The van der Waals surface area contributed by atoms with Crippen LogP contribution in [0.3, 0.4) is 0 Å². The van der Waals surface area contributed by atoms with Crippen LogP contribution in [0.1, 0.15) is 13.8 Å². The first-order valence-electron chi connectivity index (χ1n) is 4.62. The molecule has 0 spiro atoms. The largest absolute Gasteiger partial charge is 0.320 e. The van der Waals surface area contributed by atoms with E-state index in [0.29, 0.717) is 0 Å². The fourth-order valence-electron chi connectivity index (χ4n) is 0.765. The lowest BCUT2D eigenvalue weighted by Crippen LogP contribution is -2.18. The van der Waals surface area contributed by atoms with E-state index in [-0.39, 0.29) is 0 Å². The van der Waals surface area contributed by atoms with Crippen molar-refractivity contribution in [1.82, 2.24) is 0 Å². The van der Waals surface area contributed by atoms with E-state index in [0.717, 1.165) is 12.2 Å². The van der Waals surface area contributed by atoms with Gasteiger partial charge in [0.05, 0.1) is 0 Å². The van der Waals surface area contributed by atoms with Crippen LogP contribution in [0.25, 0.3) is 0 Å². The van der Waals surface area contributed by atoms with Gasteiger partial charge in [-0.15, -0.1) is 0 Å². The van der Waals surface area contributed by atoms with Gasteiger partial charge in [0, 0.05) is 0 Å². The zero-order chi connectivity index (χ0) is 12.7. The first-order valence-corrected chi connectivity index (χ1v) is 5.84. The van der Waals surface area contributed by atoms with E-state index in [4.69, 9.17) is 9.05 Å². The third-order valence-electron chi connectivity index (χ3n) is 1.75. The second kappa shape index (κ2) is 7.28. The van der Waals surface area contributed by atoms with E-state index in [1.54, 1.807) is 0 Å². The van der Waals surface area contributed by atoms with Crippen molar-refractivity contribution in [3.8, 4) is 0 Å². The van der Waals surface area contributed by atoms with Crippen LogP contribution >= 0.6 is 8.25 Å². The molecule has 2 unspecified atom stereocenters. The molecule has 0 heterocycles. The van der Waals surface area contributed by atoms with E-state index >= 15 is 0 Å². The van der Waals surface area contributed by atoms with Crippen molar-refractivity contribution in [3.63, 3.8) is 0 Å². The first-order chi connectivity index (χ1) is 7.42. The van der Waals surface area contributed by atoms with Crippen LogP contribution in [-0.2, 0) is 23.2 Å². The predicted molar refractivity (Wildman–Crippen MR) is 60.5 cm³/mol. The first kappa shape index (κ1) is 15.0. The van der Waals surface area contributed by atoms with E-state index in [1.807, 2.05) is 0 Å². The van der Waals surface area contributed by atoms with Crippen LogP contribution in [-0.4, -0.2) is 23.8 Å². The number of ketones is 2. The molecule has 0 saturated carbocycles. The smallest absolute Gasteiger partial charge is 0.299 e. The molecule has 0 rings (SSSR count). The molecule has 0 bridgehead atoms. The van der Waals surface area contributed by atoms with Gasteiger partial charge in [-0.05, 0) is 26.0 Å². The third-order valence-corrected chi connectivity index (χ3v) is 2.84. The lowest BCUT2D eigenvalue weighted by Gasteiger charge is -2.12. The van der Waals surface area contributed by atoms with Crippen LogP contribution in [0.2, 0.25) is 0 Å². The molecule has 90 valence electrons. The van der Waals surface area contributed by atoms with Gasteiger partial charge in [0.15, 0.2) is 11.6 Å². The van der Waals surface area contributed by atoms with E-state index < -0.39 is 32.0 Å². The molecule has 0 aromatic carbocycles. The molecule has 0 aromatic heterocycles. The summed E-state index contributed by atoms with van der Waals surface area (Å²) >= 11 is 0. The van der Waals surface area contributed by atoms with Crippen molar-refractivity contribution >= 4 is 19.8 Å². The van der Waals surface area contributed by atoms with E-state index in [2.05, 4.69) is 13.2 Å². The van der Waals surface area contributed by atoms with Gasteiger partial charge in [0.2, 0.25) is 0 Å². The lowest BCUT2D eigenvalue weighted by molar-refractivity contribution is -0.121. The van der Waals surface area contributed by atoms with Crippen LogP contribution in [0, 0.1) is 0 Å². The fourth-order valence-corrected chi connectivity index (χ4v) is 1.63. The molecule has 0 amide bonds. The Labute approximate surface area is 95.1 Å². The summed E-state index contributed by atoms with van der Waals surface area (Å²) in [5, 5.41) is 0. The Morgan fingerprint density at radius 2 is 1.38 bits per heavy atom. The SMILES string of the molecule is C=CC(=O)C(C)O[PH](=O)OC(C)C(=O)C=C. The summed E-state index contributed by atoms with van der Waals surface area (Å²) in [6.45, 7) is 9.38. The van der Waals surface area contributed by atoms with Crippen molar-refractivity contribution in [2.24, 2.45) is 0 Å². The van der Waals surface area contributed by atoms with Crippen molar-refractivity contribution in [2.45, 2.75) is 26.1 Å². The van der Waals surface area contributed by atoms with Gasteiger partial charge < -0.3 is 0 Å². The molecule has 16 heavy (non-hydrogen) atoms. The van der Waals surface area contributed by atoms with Gasteiger partial charge >= 0.3 is 8.25 Å². The monoisotopic (exact) mass is 246 g/mol. The highest BCUT2D eigenvalue weighted by Crippen LogP contribution is 2.28. The summed E-state index contributed by atoms with van der Waals surface area (Å²) in [6, 6.07) is 0. The highest BCUT2D eigenvalue weighted by molar-refractivity contribution is 7.33. The van der Waals surface area contributed by atoms with Crippen LogP contribution < -0.4 is 0 Å². The molecule has 5 nitrogen and oxygen atoms in total. The maximum atomic E-state index is 11.3. The summed E-state index contributed by atoms with van der Waals surface area (Å²) in [4.78, 5) is 22.0. The summed E-state index contributed by atoms with van der Waals surface area (Å²) in [6.07, 6.45) is 0.348. The summed E-state index contributed by atoms with van der Waals surface area (Å²) in [5.41, 5.74) is 0. The Morgan fingerprint density at radius 3 is 1.62 bits per heavy atom. The second-order valence-electron chi connectivity index (χ2n) is 2.98. The van der Waals surface area contributed by atoms with Gasteiger partial charge in [-0.3, -0.25) is 23.2 Å². The third kappa shape index (κ3) is 5.16. The predicted octanol–water partition coefficient (Wildman–Crippen LogP) is 1.70. The Balaban J connectivity index is 4.18. The van der Waals surface area contributed by atoms with Crippen molar-refractivity contribution in [2.75, 3.05) is 0 Å². The minimum Gasteiger partial charge on any atom is -0.299 e. The number of carbonyl (C=O) groups is 2. The molecule has 0 N–H and O–H groups in total. The molecular weight excluding hydrogens is 231 g/mol. The molecule has 0 aliphatic heterocycles. The molecule has 0 aromatic rings. The quantitative estimate of drug-likeness (QED) is 0.481. The molecule has 2 atom stereocenters. The van der Waals surface area contributed by atoms with Crippen LogP contribution in [0.4, 0.5) is 0 Å². The van der Waals surface area contributed by atoms with Gasteiger partial charge in [0.1, 0.15) is 12.2 Å². The van der Waals surface area contributed by atoms with E-state index in [9.17, 15) is 14.2 Å². The average molecular weight is 246 g/mol. The van der Waals surface area contributed by atoms with E-state index in [1.165, 1.54) is 13.8 Å². The zero-order valence-electron chi connectivity index (χ0n) is 9.26. The highest BCUT2D eigenvalue weighted by atomic mass is 31.1. The maximum Gasteiger partial charge on any atom is 0.320 e. The minimum atomic E-state index is -2.88. The average Bonchev–Trinajstić information content (AvgIpc) is 2.26. The van der Waals surface area contributed by atoms with Gasteiger partial charge in [-0.1, -0.05) is 13.2 Å². The van der Waals surface area contributed by atoms with Gasteiger partial charge in [0.25, 0.3) is 0 Å². The maximum absolute atomic E-state index is 11.3. The van der Waals surface area contributed by atoms with Crippen LogP contribution in [0.15, 0.2) is 25.3 Å². The van der Waals surface area contributed by atoms with Crippen molar-refractivity contribution in [3.05, 3.63) is 25.3 Å². The molecule has 0 fully saturated rings. The molecule has 0 aliphatic rings. The highest BCUT2D eigenvalue weighted by Gasteiger charge is 2.18. The number of carbonyl (C=O) groups excluding carboxylic acids is 2. The molecule has 0 aliphatic carbocycles. The van der Waals surface area contributed by atoms with Gasteiger partial charge in [-0.25, -0.2) is 0 Å². The summed E-state index contributed by atoms with van der Waals surface area (Å²) in [7, 11) is -2.88. The Bertz CT molecular complexity index is 293. The van der Waals surface area contributed by atoms with Crippen molar-refractivity contribution in [1.29, 1.82) is 0 Å². The normalized spacial score (nSPS) is 15.9. The lowest BCUT2D eigenvalue weighted by atomic mass is 10.3. The Kier molecular flexibility index (Phi) is 6.81. The number of hydrogen-bond donors (Lipinski definition) is 0. The zero-order valence-corrected chi connectivity index (χ0v) is 10.3. The van der Waals surface area contributed by atoms with Crippen molar-refractivity contribution < 1.29 is 23.2 Å². The molecule has 0 saturated heterocycles. The number of rotatable bonds is 8. The van der Waals surface area contributed by atoms with Crippen LogP contribution in [0.5, 0.6) is 0 Å². The van der Waals surface area contributed by atoms with Gasteiger partial charge in [-0.2, -0.15) is 0 Å². The standard InChI is InChI=1S/C10H15O5P/c1-5-9(11)7(3)14-16(13)15-8(4)10(12)6-2/h5-8,16H,1-2H2,3-4H3. The fraction of sp³-hybridized carbons (Fsp3) is 0.400. The summed E-state index contributed by atoms with van der Waals surface area (Å²) < 4.78 is 20.8. The Hall–Kier alpha value is -1.03. The molecular formula is C10H15O5P. The second-order valence-corrected chi connectivity index (χ2v) is 3.95. The minimum absolute atomic E-state index is 0.398.